The lowest BCUT2D eigenvalue weighted by Gasteiger charge is -2.16. The number of imidazole rings is 1. The highest BCUT2D eigenvalue weighted by Gasteiger charge is 2.08. The van der Waals surface area contributed by atoms with Crippen LogP contribution in [0, 0.1) is 0 Å². The third-order valence-corrected chi connectivity index (χ3v) is 2.50. The first-order valence-corrected chi connectivity index (χ1v) is 5.08. The van der Waals surface area contributed by atoms with Crippen LogP contribution < -0.4 is 5.32 Å². The second-order valence-corrected chi connectivity index (χ2v) is 3.51. The molecule has 0 saturated carbocycles. The van der Waals surface area contributed by atoms with Gasteiger partial charge in [-0.1, -0.05) is 30.3 Å². The second-order valence-electron chi connectivity index (χ2n) is 3.51. The van der Waals surface area contributed by atoms with E-state index in [1.165, 1.54) is 5.56 Å². The Morgan fingerprint density at radius 3 is 2.73 bits per heavy atom. The van der Waals surface area contributed by atoms with E-state index in [1.807, 2.05) is 25.6 Å². The van der Waals surface area contributed by atoms with Crippen molar-refractivity contribution >= 4 is 0 Å². The smallest absolute Gasteiger partial charge is 0.0946 e. The number of hydrogen-bond donors (Lipinski definition) is 1. The van der Waals surface area contributed by atoms with Gasteiger partial charge in [-0.2, -0.15) is 0 Å². The first-order chi connectivity index (χ1) is 7.40. The van der Waals surface area contributed by atoms with Crippen molar-refractivity contribution in [3.8, 4) is 0 Å². The van der Waals surface area contributed by atoms with Crippen molar-refractivity contribution in [2.75, 3.05) is 7.05 Å². The molecular weight excluding hydrogens is 186 g/mol. The Hall–Kier alpha value is -1.61. The maximum Gasteiger partial charge on any atom is 0.0946 e. The summed E-state index contributed by atoms with van der Waals surface area (Å²) in [6.45, 7) is 0.903. The van der Waals surface area contributed by atoms with Gasteiger partial charge in [0.15, 0.2) is 0 Å². The maximum absolute atomic E-state index is 4.04. The van der Waals surface area contributed by atoms with Crippen LogP contribution in [0.15, 0.2) is 49.1 Å². The summed E-state index contributed by atoms with van der Waals surface area (Å²) in [5, 5.41) is 3.31. The molecule has 1 aromatic heterocycles. The molecule has 0 aliphatic carbocycles. The minimum atomic E-state index is 0.334. The molecule has 0 fully saturated rings. The molecule has 1 unspecified atom stereocenters. The summed E-state index contributed by atoms with van der Waals surface area (Å²) in [4.78, 5) is 4.04. The highest BCUT2D eigenvalue weighted by molar-refractivity contribution is 5.18. The van der Waals surface area contributed by atoms with E-state index >= 15 is 0 Å². The number of nitrogens with one attached hydrogen (secondary N) is 1. The van der Waals surface area contributed by atoms with Gasteiger partial charge in [0, 0.05) is 25.0 Å². The molecule has 3 nitrogen and oxygen atoms in total. The summed E-state index contributed by atoms with van der Waals surface area (Å²) >= 11 is 0. The number of rotatable bonds is 4. The summed E-state index contributed by atoms with van der Waals surface area (Å²) in [6, 6.07) is 10.8. The fraction of sp³-hybridized carbons (Fsp3) is 0.250. The van der Waals surface area contributed by atoms with Crippen LogP contribution in [0.25, 0.3) is 0 Å². The molecule has 0 saturated heterocycles. The predicted octanol–water partition coefficient (Wildman–Crippen LogP) is 1.84. The van der Waals surface area contributed by atoms with Gasteiger partial charge in [0.2, 0.25) is 0 Å². The van der Waals surface area contributed by atoms with Crippen LogP contribution in [0.4, 0.5) is 0 Å². The zero-order valence-electron chi connectivity index (χ0n) is 8.80. The average Bonchev–Trinajstić information content (AvgIpc) is 2.80. The van der Waals surface area contributed by atoms with Crippen molar-refractivity contribution in [3.63, 3.8) is 0 Å². The molecule has 0 spiro atoms. The normalized spacial score (nSPS) is 12.6. The van der Waals surface area contributed by atoms with Crippen molar-refractivity contribution in [3.05, 3.63) is 54.6 Å². The lowest BCUT2D eigenvalue weighted by Crippen LogP contribution is -2.21. The van der Waals surface area contributed by atoms with E-state index in [0.717, 1.165) is 6.54 Å². The Labute approximate surface area is 89.8 Å². The van der Waals surface area contributed by atoms with Crippen molar-refractivity contribution in [1.82, 2.24) is 14.9 Å². The van der Waals surface area contributed by atoms with Gasteiger partial charge in [-0.3, -0.25) is 0 Å². The zero-order valence-corrected chi connectivity index (χ0v) is 8.80. The van der Waals surface area contributed by atoms with E-state index in [4.69, 9.17) is 0 Å². The summed E-state index contributed by atoms with van der Waals surface area (Å²) in [6.07, 6.45) is 5.62. The van der Waals surface area contributed by atoms with E-state index in [9.17, 15) is 0 Å². The number of hydrogen-bond acceptors (Lipinski definition) is 2. The monoisotopic (exact) mass is 201 g/mol. The van der Waals surface area contributed by atoms with Crippen molar-refractivity contribution < 1.29 is 0 Å². The van der Waals surface area contributed by atoms with Crippen LogP contribution in [-0.4, -0.2) is 16.6 Å². The first-order valence-electron chi connectivity index (χ1n) is 5.08. The van der Waals surface area contributed by atoms with Gasteiger partial charge in [0.05, 0.1) is 6.33 Å². The van der Waals surface area contributed by atoms with Crippen LogP contribution in [0.1, 0.15) is 11.6 Å². The number of nitrogens with zero attached hydrogens (tertiary/aromatic N) is 2. The maximum atomic E-state index is 4.04. The Morgan fingerprint density at radius 2 is 2.13 bits per heavy atom. The van der Waals surface area contributed by atoms with E-state index < -0.39 is 0 Å². The lowest BCUT2D eigenvalue weighted by atomic mass is 10.1. The molecule has 0 aliphatic heterocycles. The van der Waals surface area contributed by atoms with Crippen LogP contribution in [0.3, 0.4) is 0 Å². The fourth-order valence-corrected chi connectivity index (χ4v) is 1.65. The molecule has 0 radical (unpaired) electrons. The highest BCUT2D eigenvalue weighted by Crippen LogP contribution is 2.13. The van der Waals surface area contributed by atoms with E-state index in [1.54, 1.807) is 6.20 Å². The van der Waals surface area contributed by atoms with Gasteiger partial charge in [0.1, 0.15) is 0 Å². The summed E-state index contributed by atoms with van der Waals surface area (Å²) in [7, 11) is 1.98. The molecule has 3 heteroatoms. The van der Waals surface area contributed by atoms with E-state index in [-0.39, 0.29) is 0 Å². The second kappa shape index (κ2) is 4.75. The number of aromatic nitrogens is 2. The van der Waals surface area contributed by atoms with Gasteiger partial charge in [-0.15, -0.1) is 0 Å². The van der Waals surface area contributed by atoms with Gasteiger partial charge < -0.3 is 9.88 Å². The Bertz CT molecular complexity index is 381. The summed E-state index contributed by atoms with van der Waals surface area (Å²) in [5.74, 6) is 0. The molecule has 1 heterocycles. The molecule has 0 amide bonds. The minimum absolute atomic E-state index is 0.334. The number of likely N-dealkylation sites (N-methyl/N-ethyl adjacent to an activating group) is 1. The topological polar surface area (TPSA) is 29.9 Å². The van der Waals surface area contributed by atoms with Gasteiger partial charge in [0.25, 0.3) is 0 Å². The SMILES string of the molecule is CNC(Cn1ccnc1)c1ccccc1. The predicted molar refractivity (Wildman–Crippen MR) is 60.5 cm³/mol. The highest BCUT2D eigenvalue weighted by atomic mass is 15.1. The molecule has 0 bridgehead atoms. The number of benzene rings is 1. The quantitative estimate of drug-likeness (QED) is 0.818. The molecule has 1 N–H and O–H groups in total. The summed E-state index contributed by atoms with van der Waals surface area (Å²) < 4.78 is 2.08. The molecule has 1 aromatic carbocycles. The van der Waals surface area contributed by atoms with Gasteiger partial charge in [-0.25, -0.2) is 4.98 Å². The molecule has 2 rings (SSSR count). The van der Waals surface area contributed by atoms with Crippen molar-refractivity contribution in [2.24, 2.45) is 0 Å². The Balaban J connectivity index is 2.12. The lowest BCUT2D eigenvalue weighted by molar-refractivity contribution is 0.500. The molecule has 2 aromatic rings. The van der Waals surface area contributed by atoms with Crippen molar-refractivity contribution in [2.45, 2.75) is 12.6 Å². The van der Waals surface area contributed by atoms with Gasteiger partial charge in [-0.05, 0) is 12.6 Å². The van der Waals surface area contributed by atoms with Gasteiger partial charge >= 0.3 is 0 Å². The largest absolute Gasteiger partial charge is 0.336 e. The molecule has 1 atom stereocenters. The van der Waals surface area contributed by atoms with Crippen LogP contribution >= 0.6 is 0 Å². The average molecular weight is 201 g/mol. The minimum Gasteiger partial charge on any atom is -0.336 e. The summed E-state index contributed by atoms with van der Waals surface area (Å²) in [5.41, 5.74) is 1.30. The van der Waals surface area contributed by atoms with Crippen molar-refractivity contribution in [1.29, 1.82) is 0 Å². The first kappa shape index (κ1) is 9.93. The van der Waals surface area contributed by atoms with E-state index in [0.29, 0.717) is 6.04 Å². The molecular formula is C12H15N3. The third kappa shape index (κ3) is 2.44. The van der Waals surface area contributed by atoms with Crippen LogP contribution in [0.2, 0.25) is 0 Å². The molecule has 15 heavy (non-hydrogen) atoms. The van der Waals surface area contributed by atoms with Crippen LogP contribution in [0.5, 0.6) is 0 Å². The van der Waals surface area contributed by atoms with Crippen LogP contribution in [-0.2, 0) is 6.54 Å². The Kier molecular flexibility index (Phi) is 3.15. The Morgan fingerprint density at radius 1 is 1.33 bits per heavy atom. The molecule has 78 valence electrons. The fourth-order valence-electron chi connectivity index (χ4n) is 1.65. The van der Waals surface area contributed by atoms with E-state index in [2.05, 4.69) is 39.1 Å². The standard InChI is InChI=1S/C12H15N3/c1-13-12(9-15-8-7-14-10-15)11-5-3-2-4-6-11/h2-8,10,12-13H,9H2,1H3. The molecule has 0 aliphatic rings. The third-order valence-electron chi connectivity index (χ3n) is 2.50. The zero-order chi connectivity index (χ0) is 10.5.